The van der Waals surface area contributed by atoms with Crippen LogP contribution in [0.1, 0.15) is 58.6 Å². The minimum atomic E-state index is -0.00814. The van der Waals surface area contributed by atoms with Crippen molar-refractivity contribution in [2.45, 2.75) is 64.5 Å². The van der Waals surface area contributed by atoms with Crippen molar-refractivity contribution in [3.05, 3.63) is 58.4 Å². The Hall–Kier alpha value is -2.40. The number of rotatable bonds is 7. The largest absolute Gasteiger partial charge is 0.379 e. The van der Waals surface area contributed by atoms with E-state index in [1.165, 1.54) is 5.56 Å². The Balaban J connectivity index is 1.51. The summed E-state index contributed by atoms with van der Waals surface area (Å²) in [5.41, 5.74) is 5.31. The Morgan fingerprint density at radius 2 is 2.07 bits per heavy atom. The van der Waals surface area contributed by atoms with Crippen LogP contribution in [0.15, 0.2) is 30.3 Å². The first-order chi connectivity index (χ1) is 14.1. The number of aryl methyl sites for hydroxylation is 1. The Bertz CT molecular complexity index is 879. The number of hydrogen-bond donors (Lipinski definition) is 1. The van der Waals surface area contributed by atoms with Crippen molar-refractivity contribution in [2.24, 2.45) is 0 Å². The number of carbonyl (C=O) groups excluding carboxylic acids is 2. The number of nitrogens with zero attached hydrogens (tertiary/aromatic N) is 1. The molecule has 5 heteroatoms. The van der Waals surface area contributed by atoms with Crippen LogP contribution in [0.4, 0.5) is 0 Å². The second kappa shape index (κ2) is 8.95. The normalized spacial score (nSPS) is 18.7. The zero-order valence-electron chi connectivity index (χ0n) is 17.2. The summed E-state index contributed by atoms with van der Waals surface area (Å²) in [4.78, 5) is 25.4. The molecule has 0 radical (unpaired) electrons. The van der Waals surface area contributed by atoms with Crippen LogP contribution in [0.25, 0.3) is 0 Å². The molecule has 0 bridgehead atoms. The lowest BCUT2D eigenvalue weighted by Crippen LogP contribution is -2.36. The van der Waals surface area contributed by atoms with Crippen molar-refractivity contribution in [3.63, 3.8) is 0 Å². The zero-order valence-corrected chi connectivity index (χ0v) is 17.2. The average Bonchev–Trinajstić information content (AvgIpc) is 3.31. The van der Waals surface area contributed by atoms with Gasteiger partial charge in [-0.25, -0.2) is 0 Å². The second-order valence-corrected chi connectivity index (χ2v) is 8.21. The van der Waals surface area contributed by atoms with Gasteiger partial charge in [0, 0.05) is 36.5 Å². The van der Waals surface area contributed by atoms with Crippen molar-refractivity contribution < 1.29 is 14.3 Å². The minimum absolute atomic E-state index is 0.00814. The van der Waals surface area contributed by atoms with Crippen LogP contribution in [0, 0.1) is 6.92 Å². The van der Waals surface area contributed by atoms with Crippen LogP contribution in [0.3, 0.4) is 0 Å². The van der Waals surface area contributed by atoms with Crippen LogP contribution in [-0.2, 0) is 35.3 Å². The molecule has 1 unspecified atom stereocenters. The lowest BCUT2D eigenvalue weighted by atomic mass is 9.92. The lowest BCUT2D eigenvalue weighted by Gasteiger charge is -2.16. The number of benzene rings is 1. The molecule has 5 nitrogen and oxygen atoms in total. The van der Waals surface area contributed by atoms with Gasteiger partial charge in [-0.3, -0.25) is 9.59 Å². The van der Waals surface area contributed by atoms with Crippen molar-refractivity contribution in [2.75, 3.05) is 13.2 Å². The molecular weight excluding hydrogens is 364 g/mol. The number of carbonyl (C=O) groups is 2. The van der Waals surface area contributed by atoms with Gasteiger partial charge in [0.05, 0.1) is 19.1 Å². The number of amides is 1. The predicted octanol–water partition coefficient (Wildman–Crippen LogP) is 3.40. The maximum absolute atomic E-state index is 12.7. The molecular formula is C24H30N2O3. The average molecular weight is 395 g/mol. The van der Waals surface area contributed by atoms with Crippen LogP contribution in [0.2, 0.25) is 0 Å². The van der Waals surface area contributed by atoms with E-state index in [2.05, 4.69) is 41.1 Å². The first-order valence-electron chi connectivity index (χ1n) is 10.8. The van der Waals surface area contributed by atoms with Gasteiger partial charge in [0.25, 0.3) is 0 Å². The molecule has 1 aromatic carbocycles. The summed E-state index contributed by atoms with van der Waals surface area (Å²) in [6.45, 7) is 4.24. The predicted molar refractivity (Wildman–Crippen MR) is 112 cm³/mol. The first-order valence-corrected chi connectivity index (χ1v) is 10.8. The highest BCUT2D eigenvalue weighted by Crippen LogP contribution is 2.31. The van der Waals surface area contributed by atoms with E-state index in [9.17, 15) is 9.59 Å². The lowest BCUT2D eigenvalue weighted by molar-refractivity contribution is -0.121. The van der Waals surface area contributed by atoms with Crippen molar-refractivity contribution in [1.82, 2.24) is 9.88 Å². The summed E-state index contributed by atoms with van der Waals surface area (Å²) < 4.78 is 7.65. The molecule has 4 rings (SSSR count). The molecule has 1 saturated heterocycles. The van der Waals surface area contributed by atoms with Gasteiger partial charge in [-0.1, -0.05) is 30.3 Å². The molecule has 1 fully saturated rings. The fourth-order valence-corrected chi connectivity index (χ4v) is 4.68. The van der Waals surface area contributed by atoms with Gasteiger partial charge in [0.15, 0.2) is 5.78 Å². The molecule has 154 valence electrons. The molecule has 2 aliphatic rings. The van der Waals surface area contributed by atoms with Crippen molar-refractivity contribution in [3.8, 4) is 0 Å². The van der Waals surface area contributed by atoms with Crippen molar-refractivity contribution >= 4 is 11.7 Å². The highest BCUT2D eigenvalue weighted by atomic mass is 16.5. The summed E-state index contributed by atoms with van der Waals surface area (Å²) in [5.74, 6) is 0.189. The quantitative estimate of drug-likeness (QED) is 0.783. The fraction of sp³-hybridized carbons (Fsp3) is 0.500. The van der Waals surface area contributed by atoms with E-state index in [1.54, 1.807) is 0 Å². The molecule has 29 heavy (non-hydrogen) atoms. The maximum atomic E-state index is 12.7. The van der Waals surface area contributed by atoms with Crippen LogP contribution in [0.5, 0.6) is 0 Å². The summed E-state index contributed by atoms with van der Waals surface area (Å²) in [7, 11) is 0. The minimum Gasteiger partial charge on any atom is -0.379 e. The van der Waals surface area contributed by atoms with E-state index in [4.69, 9.17) is 4.74 Å². The van der Waals surface area contributed by atoms with Gasteiger partial charge < -0.3 is 14.6 Å². The monoisotopic (exact) mass is 394 g/mol. The number of nitrogens with one attached hydrogen (secondary N) is 1. The van der Waals surface area contributed by atoms with E-state index in [0.29, 0.717) is 19.6 Å². The maximum Gasteiger partial charge on any atom is 0.224 e. The van der Waals surface area contributed by atoms with Crippen molar-refractivity contribution in [1.29, 1.82) is 0 Å². The Morgan fingerprint density at radius 1 is 1.24 bits per heavy atom. The molecule has 1 N–H and O–H groups in total. The second-order valence-electron chi connectivity index (χ2n) is 8.21. The van der Waals surface area contributed by atoms with Gasteiger partial charge in [-0.2, -0.15) is 0 Å². The van der Waals surface area contributed by atoms with Gasteiger partial charge >= 0.3 is 0 Å². The van der Waals surface area contributed by atoms with E-state index in [1.807, 2.05) is 6.07 Å². The molecule has 1 atom stereocenters. The zero-order chi connectivity index (χ0) is 20.2. The van der Waals surface area contributed by atoms with E-state index in [-0.39, 0.29) is 24.2 Å². The highest BCUT2D eigenvalue weighted by molar-refractivity contribution is 6.01. The Kier molecular flexibility index (Phi) is 6.14. The fourth-order valence-electron chi connectivity index (χ4n) is 4.68. The smallest absolute Gasteiger partial charge is 0.224 e. The number of hydrogen-bond acceptors (Lipinski definition) is 3. The molecule has 1 aliphatic heterocycles. The van der Waals surface area contributed by atoms with Gasteiger partial charge in [-0.15, -0.1) is 0 Å². The molecule has 2 heterocycles. The van der Waals surface area contributed by atoms with Crippen LogP contribution in [-0.4, -0.2) is 35.5 Å². The van der Waals surface area contributed by atoms with Crippen LogP contribution >= 0.6 is 0 Å². The standard InChI is InChI=1S/C24H30N2O3/c1-17-20(15-23(28)25-19-12-14-29-16-19)24-21(10-5-11-22(24)27)26(17)13-6-9-18-7-3-2-4-8-18/h2-4,7-8,19H,5-6,9-16H2,1H3,(H,25,28). The third-order valence-electron chi connectivity index (χ3n) is 6.18. The SMILES string of the molecule is Cc1c(CC(=O)NC2CCOC2)c2c(n1CCCc1ccccc1)CCCC2=O. The number of fused-ring (bicyclic) bond motifs is 1. The summed E-state index contributed by atoms with van der Waals surface area (Å²) >= 11 is 0. The summed E-state index contributed by atoms with van der Waals surface area (Å²) in [6, 6.07) is 10.6. The molecule has 0 spiro atoms. The number of Topliss-reactive ketones (excluding diaryl/α,β-unsaturated/α-hetero) is 1. The highest BCUT2D eigenvalue weighted by Gasteiger charge is 2.29. The van der Waals surface area contributed by atoms with Crippen LogP contribution < -0.4 is 5.32 Å². The van der Waals surface area contributed by atoms with Gasteiger partial charge in [0.2, 0.25) is 5.91 Å². The van der Waals surface area contributed by atoms with E-state index in [0.717, 1.165) is 61.2 Å². The number of aromatic nitrogens is 1. The topological polar surface area (TPSA) is 60.3 Å². The molecule has 0 saturated carbocycles. The third-order valence-corrected chi connectivity index (χ3v) is 6.18. The molecule has 1 aromatic heterocycles. The van der Waals surface area contributed by atoms with E-state index >= 15 is 0 Å². The van der Waals surface area contributed by atoms with E-state index < -0.39 is 0 Å². The number of ether oxygens (including phenoxy) is 1. The molecule has 2 aromatic rings. The Labute approximate surface area is 172 Å². The molecule has 1 aliphatic carbocycles. The van der Waals surface area contributed by atoms with Gasteiger partial charge in [-0.05, 0) is 50.2 Å². The summed E-state index contributed by atoms with van der Waals surface area (Å²) in [5, 5.41) is 3.07. The summed E-state index contributed by atoms with van der Waals surface area (Å²) in [6.07, 6.45) is 5.59. The molecule has 1 amide bonds. The first kappa shape index (κ1) is 19.9. The van der Waals surface area contributed by atoms with Gasteiger partial charge in [0.1, 0.15) is 0 Å². The third kappa shape index (κ3) is 4.45. The number of ketones is 1. The Morgan fingerprint density at radius 3 is 2.83 bits per heavy atom.